The summed E-state index contributed by atoms with van der Waals surface area (Å²) >= 11 is 0. The maximum Gasteiger partial charge on any atom is 0.157 e. The summed E-state index contributed by atoms with van der Waals surface area (Å²) in [5, 5.41) is 1.88. The van der Waals surface area contributed by atoms with E-state index in [1.165, 1.54) is 12.8 Å². The van der Waals surface area contributed by atoms with Crippen LogP contribution in [-0.4, -0.2) is 58.1 Å². The van der Waals surface area contributed by atoms with Crippen molar-refractivity contribution in [3.63, 3.8) is 0 Å². The summed E-state index contributed by atoms with van der Waals surface area (Å²) in [6.07, 6.45) is 11.4. The van der Waals surface area contributed by atoms with Crippen LogP contribution in [0.3, 0.4) is 0 Å². The summed E-state index contributed by atoms with van der Waals surface area (Å²) in [6.45, 7) is 7.38. The molecule has 8 nitrogen and oxygen atoms in total. The number of rotatable bonds is 5. The standard InChI is InChI=1S/C19H26N8/c1-15-17(26-8-6-20-14-26)10-23-27(15)19-9-18(21-13-22-19)25-7-4-5-16(12-25)11-24(2)3/h6,8-10,13-14,16,23H,1,4-5,7,11-12H2,2-3H3. The smallest absolute Gasteiger partial charge is 0.157 e. The van der Waals surface area contributed by atoms with Gasteiger partial charge in [0.15, 0.2) is 5.82 Å². The van der Waals surface area contributed by atoms with E-state index in [2.05, 4.69) is 50.9 Å². The molecule has 0 saturated carbocycles. The van der Waals surface area contributed by atoms with Gasteiger partial charge in [-0.1, -0.05) is 6.58 Å². The summed E-state index contributed by atoms with van der Waals surface area (Å²) in [4.78, 5) is 17.7. The lowest BCUT2D eigenvalue weighted by atomic mass is 9.97. The molecular weight excluding hydrogens is 340 g/mol. The second-order valence-corrected chi connectivity index (χ2v) is 7.36. The van der Waals surface area contributed by atoms with Crippen molar-refractivity contribution in [2.45, 2.75) is 12.8 Å². The lowest BCUT2D eigenvalue weighted by molar-refractivity contribution is 0.291. The maximum atomic E-state index is 4.53. The number of nitrogens with one attached hydrogen (secondary N) is 1. The fourth-order valence-electron chi connectivity index (χ4n) is 3.80. The Morgan fingerprint density at radius 2 is 2.15 bits per heavy atom. The molecule has 0 aliphatic carbocycles. The number of anilines is 2. The highest BCUT2D eigenvalue weighted by Crippen LogP contribution is 2.29. The topological polar surface area (TPSA) is 65.4 Å². The first-order valence-electron chi connectivity index (χ1n) is 9.27. The van der Waals surface area contributed by atoms with Gasteiger partial charge in [-0.25, -0.2) is 20.0 Å². The second-order valence-electron chi connectivity index (χ2n) is 7.36. The zero-order chi connectivity index (χ0) is 18.8. The fourth-order valence-corrected chi connectivity index (χ4v) is 3.80. The van der Waals surface area contributed by atoms with Crippen molar-refractivity contribution in [2.24, 2.45) is 5.92 Å². The van der Waals surface area contributed by atoms with Gasteiger partial charge in [0, 0.05) is 44.3 Å². The Morgan fingerprint density at radius 1 is 1.30 bits per heavy atom. The Balaban J connectivity index is 1.49. The van der Waals surface area contributed by atoms with Gasteiger partial charge in [-0.05, 0) is 32.9 Å². The molecule has 142 valence electrons. The Hall–Kier alpha value is -2.87. The molecule has 0 spiro atoms. The normalized spacial score (nSPS) is 20.2. The third-order valence-electron chi connectivity index (χ3n) is 5.01. The van der Waals surface area contributed by atoms with Crippen molar-refractivity contribution in [3.05, 3.63) is 49.6 Å². The molecule has 4 rings (SSSR count). The van der Waals surface area contributed by atoms with Crippen LogP contribution in [0.15, 0.2) is 49.6 Å². The van der Waals surface area contributed by atoms with Crippen molar-refractivity contribution < 1.29 is 0 Å². The van der Waals surface area contributed by atoms with Crippen LogP contribution in [0.2, 0.25) is 0 Å². The van der Waals surface area contributed by atoms with E-state index in [0.29, 0.717) is 5.92 Å². The van der Waals surface area contributed by atoms with Crippen LogP contribution >= 0.6 is 0 Å². The average Bonchev–Trinajstić information content (AvgIpc) is 3.31. The first-order chi connectivity index (χ1) is 13.1. The van der Waals surface area contributed by atoms with Crippen molar-refractivity contribution in [2.75, 3.05) is 43.6 Å². The molecule has 1 N–H and O–H groups in total. The molecule has 2 aliphatic rings. The third-order valence-corrected chi connectivity index (χ3v) is 5.01. The molecule has 0 radical (unpaired) electrons. The molecule has 0 bridgehead atoms. The van der Waals surface area contributed by atoms with Crippen LogP contribution in [0.5, 0.6) is 0 Å². The zero-order valence-electron chi connectivity index (χ0n) is 15.9. The first kappa shape index (κ1) is 17.5. The molecule has 1 atom stereocenters. The van der Waals surface area contributed by atoms with E-state index in [1.807, 2.05) is 28.0 Å². The lowest BCUT2D eigenvalue weighted by Gasteiger charge is -2.35. The van der Waals surface area contributed by atoms with Gasteiger partial charge in [0.2, 0.25) is 0 Å². The van der Waals surface area contributed by atoms with Gasteiger partial charge in [-0.2, -0.15) is 0 Å². The van der Waals surface area contributed by atoms with E-state index in [4.69, 9.17) is 0 Å². The van der Waals surface area contributed by atoms with E-state index in [-0.39, 0.29) is 0 Å². The summed E-state index contributed by atoms with van der Waals surface area (Å²) in [5.74, 6) is 2.42. The van der Waals surface area contributed by atoms with Crippen molar-refractivity contribution in [1.29, 1.82) is 0 Å². The SMILES string of the molecule is C=C1C(n2ccnc2)=CNN1c1cc(N2CCCC(CN(C)C)C2)ncn1. The minimum atomic E-state index is 0.668. The number of allylic oxidation sites excluding steroid dienone is 1. The number of hydrogen-bond donors (Lipinski definition) is 1. The average molecular weight is 366 g/mol. The third kappa shape index (κ3) is 3.66. The highest BCUT2D eigenvalue weighted by molar-refractivity contribution is 5.74. The molecule has 8 heteroatoms. The van der Waals surface area contributed by atoms with Gasteiger partial charge in [0.1, 0.15) is 12.1 Å². The molecule has 2 aliphatic heterocycles. The van der Waals surface area contributed by atoms with Crippen molar-refractivity contribution in [1.82, 2.24) is 29.8 Å². The van der Waals surface area contributed by atoms with E-state index >= 15 is 0 Å². The van der Waals surface area contributed by atoms with Gasteiger partial charge in [0.05, 0.1) is 17.7 Å². The predicted octanol–water partition coefficient (Wildman–Crippen LogP) is 1.79. The monoisotopic (exact) mass is 366 g/mol. The van der Waals surface area contributed by atoms with Crippen LogP contribution in [0.25, 0.3) is 5.70 Å². The summed E-state index contributed by atoms with van der Waals surface area (Å²) < 4.78 is 1.92. The molecule has 1 unspecified atom stereocenters. The number of hydrazine groups is 1. The molecule has 0 amide bonds. The van der Waals surface area contributed by atoms with Gasteiger partial charge in [-0.3, -0.25) is 5.43 Å². The molecule has 27 heavy (non-hydrogen) atoms. The van der Waals surface area contributed by atoms with Crippen LogP contribution in [-0.2, 0) is 0 Å². The van der Waals surface area contributed by atoms with Crippen molar-refractivity contribution >= 4 is 17.3 Å². The number of imidazole rings is 1. The summed E-state index contributed by atoms with van der Waals surface area (Å²) in [5.41, 5.74) is 5.00. The van der Waals surface area contributed by atoms with Gasteiger partial charge < -0.3 is 14.4 Å². The zero-order valence-corrected chi connectivity index (χ0v) is 15.9. The number of piperidine rings is 1. The molecule has 1 saturated heterocycles. The Bertz CT molecular complexity index is 826. The number of aromatic nitrogens is 4. The number of hydrogen-bond acceptors (Lipinski definition) is 7. The minimum Gasteiger partial charge on any atom is -0.356 e. The Morgan fingerprint density at radius 3 is 2.93 bits per heavy atom. The van der Waals surface area contributed by atoms with Crippen molar-refractivity contribution in [3.8, 4) is 0 Å². The molecule has 2 aromatic rings. The highest BCUT2D eigenvalue weighted by atomic mass is 15.6. The Kier molecular flexibility index (Phi) is 4.81. The highest BCUT2D eigenvalue weighted by Gasteiger charge is 2.25. The lowest BCUT2D eigenvalue weighted by Crippen LogP contribution is -2.40. The second kappa shape index (κ2) is 7.40. The van der Waals surface area contributed by atoms with E-state index in [9.17, 15) is 0 Å². The van der Waals surface area contributed by atoms with E-state index in [1.54, 1.807) is 18.9 Å². The molecule has 4 heterocycles. The first-order valence-corrected chi connectivity index (χ1v) is 9.27. The van der Waals surface area contributed by atoms with Crippen LogP contribution < -0.4 is 15.3 Å². The molecule has 1 fully saturated rings. The molecule has 0 aromatic carbocycles. The quantitative estimate of drug-likeness (QED) is 0.865. The maximum absolute atomic E-state index is 4.53. The van der Waals surface area contributed by atoms with Gasteiger partial charge in [0.25, 0.3) is 0 Å². The Labute approximate surface area is 159 Å². The van der Waals surface area contributed by atoms with Gasteiger partial charge >= 0.3 is 0 Å². The molecular formula is C19H26N8. The minimum absolute atomic E-state index is 0.668. The van der Waals surface area contributed by atoms with Gasteiger partial charge in [-0.15, -0.1) is 0 Å². The predicted molar refractivity (Wildman–Crippen MR) is 107 cm³/mol. The largest absolute Gasteiger partial charge is 0.356 e. The van der Waals surface area contributed by atoms with E-state index in [0.717, 1.165) is 42.7 Å². The number of nitrogens with zero attached hydrogens (tertiary/aromatic N) is 7. The van der Waals surface area contributed by atoms with Crippen LogP contribution in [0.4, 0.5) is 11.6 Å². The van der Waals surface area contributed by atoms with Crippen LogP contribution in [0, 0.1) is 5.92 Å². The van der Waals surface area contributed by atoms with E-state index < -0.39 is 0 Å². The molecule has 2 aromatic heterocycles. The van der Waals surface area contributed by atoms with Crippen LogP contribution in [0.1, 0.15) is 12.8 Å². The summed E-state index contributed by atoms with van der Waals surface area (Å²) in [6, 6.07) is 2.03. The fraction of sp³-hybridized carbons (Fsp3) is 0.421. The summed E-state index contributed by atoms with van der Waals surface area (Å²) in [7, 11) is 4.27.